The van der Waals surface area contributed by atoms with Crippen LogP contribution in [0.5, 0.6) is 0 Å². The second kappa shape index (κ2) is 6.12. The number of hydrogen-bond acceptors (Lipinski definition) is 0. The van der Waals surface area contributed by atoms with Crippen molar-refractivity contribution in [3.8, 4) is 11.1 Å². The van der Waals surface area contributed by atoms with Crippen LogP contribution < -0.4 is 5.19 Å². The summed E-state index contributed by atoms with van der Waals surface area (Å²) in [4.78, 5) is 0. The fourth-order valence-electron chi connectivity index (χ4n) is 3.37. The van der Waals surface area contributed by atoms with Gasteiger partial charge in [0, 0.05) is 0 Å². The van der Waals surface area contributed by atoms with Gasteiger partial charge in [0.2, 0.25) is 0 Å². The largest absolute Gasteiger partial charge is 0.0775 e. The van der Waals surface area contributed by atoms with Crippen LogP contribution in [0.25, 0.3) is 17.2 Å². The number of rotatable bonds is 4. The molecule has 0 saturated heterocycles. The minimum Gasteiger partial charge on any atom is -0.0656 e. The van der Waals surface area contributed by atoms with Gasteiger partial charge in [0.1, 0.15) is 0 Å². The molecule has 120 valence electrons. The van der Waals surface area contributed by atoms with Crippen molar-refractivity contribution in [3.63, 3.8) is 0 Å². The van der Waals surface area contributed by atoms with E-state index in [1.54, 1.807) is 5.57 Å². The molecule has 0 heterocycles. The van der Waals surface area contributed by atoms with E-state index in [2.05, 4.69) is 82.0 Å². The van der Waals surface area contributed by atoms with Crippen LogP contribution in [0.3, 0.4) is 0 Å². The molecule has 3 rings (SSSR count). The van der Waals surface area contributed by atoms with Crippen LogP contribution in [0.2, 0.25) is 19.6 Å². The average molecular weight is 321 g/mol. The van der Waals surface area contributed by atoms with E-state index in [1.165, 1.54) is 33.9 Å². The van der Waals surface area contributed by atoms with Crippen molar-refractivity contribution >= 4 is 19.3 Å². The fraction of sp³-hybridized carbons (Fsp3) is 0.364. The highest BCUT2D eigenvalue weighted by molar-refractivity contribution is 6.88. The number of hydrogen-bond donors (Lipinski definition) is 0. The zero-order valence-electron chi connectivity index (χ0n) is 15.1. The maximum atomic E-state index is 2.45. The summed E-state index contributed by atoms with van der Waals surface area (Å²) in [6, 6.07) is 16.1. The Bertz CT molecular complexity index is 730. The topological polar surface area (TPSA) is 0 Å². The summed E-state index contributed by atoms with van der Waals surface area (Å²) < 4.78 is 0. The summed E-state index contributed by atoms with van der Waals surface area (Å²) >= 11 is 0. The maximum absolute atomic E-state index is 2.45. The van der Waals surface area contributed by atoms with Gasteiger partial charge in [-0.3, -0.25) is 0 Å². The Balaban J connectivity index is 2.00. The molecule has 0 aromatic heterocycles. The van der Waals surface area contributed by atoms with Crippen LogP contribution >= 0.6 is 0 Å². The van der Waals surface area contributed by atoms with Crippen molar-refractivity contribution in [2.45, 2.75) is 46.3 Å². The summed E-state index contributed by atoms with van der Waals surface area (Å²) in [5, 5.41) is 1.53. The van der Waals surface area contributed by atoms with Gasteiger partial charge in [-0.25, -0.2) is 0 Å². The molecule has 0 radical (unpaired) electrons. The molecule has 0 amide bonds. The van der Waals surface area contributed by atoms with E-state index in [9.17, 15) is 0 Å². The van der Waals surface area contributed by atoms with Crippen molar-refractivity contribution < 1.29 is 0 Å². The average Bonchev–Trinajstić information content (AvgIpc) is 2.97. The van der Waals surface area contributed by atoms with Crippen LogP contribution in [0.15, 0.2) is 48.0 Å². The molecule has 1 aliphatic rings. The van der Waals surface area contributed by atoms with E-state index in [-0.39, 0.29) is 0 Å². The molecule has 1 atom stereocenters. The third-order valence-corrected chi connectivity index (χ3v) is 7.29. The zero-order valence-corrected chi connectivity index (χ0v) is 16.1. The highest BCUT2D eigenvalue weighted by Gasteiger charge is 2.20. The summed E-state index contributed by atoms with van der Waals surface area (Å²) in [7, 11) is -1.22. The van der Waals surface area contributed by atoms with Crippen molar-refractivity contribution in [1.29, 1.82) is 0 Å². The molecular weight excluding hydrogens is 292 g/mol. The molecule has 1 aliphatic carbocycles. The lowest BCUT2D eigenvalue weighted by molar-refractivity contribution is 0.647. The first-order valence-corrected chi connectivity index (χ1v) is 12.3. The summed E-state index contributed by atoms with van der Waals surface area (Å²) in [6.45, 7) is 11.8. The van der Waals surface area contributed by atoms with Gasteiger partial charge in [-0.1, -0.05) is 92.8 Å². The lowest BCUT2D eigenvalue weighted by atomic mass is 9.96. The lowest BCUT2D eigenvalue weighted by Crippen LogP contribution is -2.37. The van der Waals surface area contributed by atoms with E-state index in [1.807, 2.05) is 0 Å². The van der Waals surface area contributed by atoms with Crippen molar-refractivity contribution in [2.75, 3.05) is 0 Å². The Kier molecular flexibility index (Phi) is 4.33. The van der Waals surface area contributed by atoms with Gasteiger partial charge in [0.15, 0.2) is 0 Å². The molecule has 1 unspecified atom stereocenters. The molecule has 0 aliphatic heterocycles. The van der Waals surface area contributed by atoms with Crippen LogP contribution in [0.4, 0.5) is 0 Å². The fourth-order valence-corrected chi connectivity index (χ4v) is 4.54. The minimum atomic E-state index is -1.22. The number of allylic oxidation sites excluding steroid dienone is 1. The second-order valence-electron chi connectivity index (χ2n) is 7.91. The van der Waals surface area contributed by atoms with Crippen LogP contribution in [-0.4, -0.2) is 8.07 Å². The standard InChI is InChI=1S/C22H28Si/c1-6-16(2)19-14-18-8-7-9-21(22(18)15-19)17-10-12-20(13-11-17)23(3,4)5/h7-13,15-16H,6,14H2,1-5H3. The van der Waals surface area contributed by atoms with Crippen molar-refractivity contribution in [2.24, 2.45) is 5.92 Å². The molecule has 0 fully saturated rings. The van der Waals surface area contributed by atoms with Gasteiger partial charge in [-0.05, 0) is 41.0 Å². The zero-order chi connectivity index (χ0) is 16.6. The highest BCUT2D eigenvalue weighted by atomic mass is 28.3. The first-order valence-electron chi connectivity index (χ1n) is 8.83. The normalized spacial score (nSPS) is 15.3. The molecule has 0 saturated carbocycles. The molecule has 0 spiro atoms. The molecular formula is C22H28Si. The molecule has 0 nitrogen and oxygen atoms in total. The van der Waals surface area contributed by atoms with Gasteiger partial charge in [0.25, 0.3) is 0 Å². The first-order chi connectivity index (χ1) is 10.9. The predicted octanol–water partition coefficient (Wildman–Crippen LogP) is 5.88. The van der Waals surface area contributed by atoms with Crippen molar-refractivity contribution in [1.82, 2.24) is 0 Å². The molecule has 0 N–H and O–H groups in total. The van der Waals surface area contributed by atoms with E-state index in [0.29, 0.717) is 5.92 Å². The third-order valence-electron chi connectivity index (χ3n) is 5.23. The smallest absolute Gasteiger partial charge is 0.0656 e. The van der Waals surface area contributed by atoms with Crippen molar-refractivity contribution in [3.05, 3.63) is 59.2 Å². The van der Waals surface area contributed by atoms with E-state index in [0.717, 1.165) is 6.42 Å². The third kappa shape index (κ3) is 3.21. The Morgan fingerprint density at radius 1 is 1.00 bits per heavy atom. The predicted molar refractivity (Wildman–Crippen MR) is 106 cm³/mol. The minimum absolute atomic E-state index is 0.685. The second-order valence-corrected chi connectivity index (χ2v) is 13.0. The molecule has 0 bridgehead atoms. The Morgan fingerprint density at radius 2 is 1.70 bits per heavy atom. The van der Waals surface area contributed by atoms with Gasteiger partial charge in [-0.2, -0.15) is 0 Å². The van der Waals surface area contributed by atoms with E-state index >= 15 is 0 Å². The quantitative estimate of drug-likeness (QED) is 0.617. The van der Waals surface area contributed by atoms with Gasteiger partial charge >= 0.3 is 0 Å². The summed E-state index contributed by atoms with van der Waals surface area (Å²) in [5.41, 5.74) is 7.28. The van der Waals surface area contributed by atoms with Gasteiger partial charge < -0.3 is 0 Å². The highest BCUT2D eigenvalue weighted by Crippen LogP contribution is 2.36. The number of benzene rings is 2. The summed E-state index contributed by atoms with van der Waals surface area (Å²) in [5.74, 6) is 0.685. The van der Waals surface area contributed by atoms with Crippen LogP contribution in [-0.2, 0) is 6.42 Å². The first kappa shape index (κ1) is 16.3. The SMILES string of the molecule is CCC(C)C1=Cc2c(cccc2-c2ccc([Si](C)(C)C)cc2)C1. The molecule has 23 heavy (non-hydrogen) atoms. The van der Waals surface area contributed by atoms with E-state index < -0.39 is 8.07 Å². The summed E-state index contributed by atoms with van der Waals surface area (Å²) in [6.07, 6.45) is 4.80. The van der Waals surface area contributed by atoms with Crippen LogP contribution in [0, 0.1) is 5.92 Å². The van der Waals surface area contributed by atoms with Gasteiger partial charge in [-0.15, -0.1) is 0 Å². The van der Waals surface area contributed by atoms with Gasteiger partial charge in [0.05, 0.1) is 8.07 Å². The molecule has 2 aromatic rings. The number of fused-ring (bicyclic) bond motifs is 1. The Labute approximate surface area is 142 Å². The Hall–Kier alpha value is -1.60. The molecule has 1 heteroatoms. The lowest BCUT2D eigenvalue weighted by Gasteiger charge is -2.17. The Morgan fingerprint density at radius 3 is 2.30 bits per heavy atom. The maximum Gasteiger partial charge on any atom is 0.0775 e. The van der Waals surface area contributed by atoms with Crippen LogP contribution in [0.1, 0.15) is 31.4 Å². The monoisotopic (exact) mass is 320 g/mol. The van der Waals surface area contributed by atoms with E-state index in [4.69, 9.17) is 0 Å². The molecule has 2 aromatic carbocycles.